The Labute approximate surface area is 132 Å². The first-order chi connectivity index (χ1) is 10.8. The number of benzene rings is 1. The van der Waals surface area contributed by atoms with E-state index in [2.05, 4.69) is 22.0 Å². The lowest BCUT2D eigenvalue weighted by Crippen LogP contribution is -2.35. The van der Waals surface area contributed by atoms with Crippen LogP contribution in [0, 0.1) is 5.92 Å². The molecule has 0 bridgehead atoms. The maximum Gasteiger partial charge on any atom is 0.142 e. The van der Waals surface area contributed by atoms with Crippen LogP contribution in [0.2, 0.25) is 0 Å². The van der Waals surface area contributed by atoms with E-state index in [0.29, 0.717) is 0 Å². The molecule has 4 rings (SSSR count). The van der Waals surface area contributed by atoms with Crippen LogP contribution in [-0.4, -0.2) is 30.1 Å². The number of H-pyrrole nitrogens is 1. The highest BCUT2D eigenvalue weighted by atomic mass is 16.5. The summed E-state index contributed by atoms with van der Waals surface area (Å²) in [6.07, 6.45) is 8.35. The molecule has 0 spiro atoms. The number of aromatic nitrogens is 1. The minimum absolute atomic E-state index is 0.925. The number of rotatable bonds is 3. The van der Waals surface area contributed by atoms with Gasteiger partial charge in [0.2, 0.25) is 0 Å². The molecular formula is C19H26N2O. The molecule has 22 heavy (non-hydrogen) atoms. The molecule has 2 aromatic rings. The van der Waals surface area contributed by atoms with E-state index in [-0.39, 0.29) is 0 Å². The van der Waals surface area contributed by atoms with E-state index >= 15 is 0 Å². The molecule has 2 aliphatic rings. The molecule has 1 fully saturated rings. The van der Waals surface area contributed by atoms with Gasteiger partial charge in [0.05, 0.1) is 12.6 Å². The third kappa shape index (κ3) is 2.52. The molecule has 0 atom stereocenters. The number of para-hydroxylation sites is 1. The number of hydrogen-bond donors (Lipinski definition) is 1. The van der Waals surface area contributed by atoms with Gasteiger partial charge in [0, 0.05) is 30.7 Å². The van der Waals surface area contributed by atoms with Crippen LogP contribution < -0.4 is 4.74 Å². The average molecular weight is 298 g/mol. The number of ether oxygens (including phenoxy) is 1. The summed E-state index contributed by atoms with van der Waals surface area (Å²) in [6.45, 7) is 3.56. The van der Waals surface area contributed by atoms with Crippen LogP contribution >= 0.6 is 0 Å². The Morgan fingerprint density at radius 2 is 2.09 bits per heavy atom. The van der Waals surface area contributed by atoms with Gasteiger partial charge in [-0.05, 0) is 36.8 Å². The van der Waals surface area contributed by atoms with Crippen LogP contribution in [0.3, 0.4) is 0 Å². The summed E-state index contributed by atoms with van der Waals surface area (Å²) in [4.78, 5) is 6.29. The Hall–Kier alpha value is -1.48. The van der Waals surface area contributed by atoms with E-state index in [1.54, 1.807) is 7.11 Å². The standard InChI is InChI=1S/C19H26N2O/c1-22-18-9-5-8-16-15-10-11-21(13-17(15)20-19(16)18)12-14-6-3-2-4-7-14/h5,8-9,14,20H,2-4,6-7,10-13H2,1H3. The number of nitrogens with zero attached hydrogens (tertiary/aromatic N) is 1. The highest BCUT2D eigenvalue weighted by molar-refractivity contribution is 5.89. The second-order valence-electron chi connectivity index (χ2n) is 6.95. The Bertz CT molecular complexity index is 655. The Kier molecular flexibility index (Phi) is 3.83. The number of hydrogen-bond acceptors (Lipinski definition) is 2. The lowest BCUT2D eigenvalue weighted by Gasteiger charge is -2.32. The van der Waals surface area contributed by atoms with Crippen LogP contribution in [0.4, 0.5) is 0 Å². The van der Waals surface area contributed by atoms with Gasteiger partial charge in [0.25, 0.3) is 0 Å². The molecule has 0 radical (unpaired) electrons. The van der Waals surface area contributed by atoms with Gasteiger partial charge in [-0.3, -0.25) is 4.90 Å². The number of nitrogens with one attached hydrogen (secondary N) is 1. The predicted molar refractivity (Wildman–Crippen MR) is 90.4 cm³/mol. The average Bonchev–Trinajstić information content (AvgIpc) is 2.93. The zero-order valence-corrected chi connectivity index (χ0v) is 13.5. The van der Waals surface area contributed by atoms with E-state index < -0.39 is 0 Å². The van der Waals surface area contributed by atoms with Gasteiger partial charge in [-0.15, -0.1) is 0 Å². The molecule has 0 saturated heterocycles. The second kappa shape index (κ2) is 5.96. The van der Waals surface area contributed by atoms with Crippen molar-refractivity contribution in [2.24, 2.45) is 5.92 Å². The third-order valence-corrected chi connectivity index (χ3v) is 5.51. The fourth-order valence-electron chi connectivity index (χ4n) is 4.35. The molecule has 0 unspecified atom stereocenters. The second-order valence-corrected chi connectivity index (χ2v) is 6.95. The molecule has 3 heteroatoms. The topological polar surface area (TPSA) is 28.3 Å². The van der Waals surface area contributed by atoms with Crippen molar-refractivity contribution >= 4 is 10.9 Å². The van der Waals surface area contributed by atoms with E-state index in [4.69, 9.17) is 4.74 Å². The Morgan fingerprint density at radius 3 is 2.91 bits per heavy atom. The van der Waals surface area contributed by atoms with Crippen LogP contribution in [0.5, 0.6) is 5.75 Å². The first-order valence-electron chi connectivity index (χ1n) is 8.74. The molecule has 2 heterocycles. The Morgan fingerprint density at radius 1 is 1.23 bits per heavy atom. The molecule has 3 nitrogen and oxygen atoms in total. The summed E-state index contributed by atoms with van der Waals surface area (Å²) >= 11 is 0. The molecule has 1 N–H and O–H groups in total. The molecule has 118 valence electrons. The van der Waals surface area contributed by atoms with Gasteiger partial charge >= 0.3 is 0 Å². The number of fused-ring (bicyclic) bond motifs is 3. The van der Waals surface area contributed by atoms with Crippen LogP contribution in [0.25, 0.3) is 10.9 Å². The lowest BCUT2D eigenvalue weighted by atomic mass is 9.88. The fourth-order valence-corrected chi connectivity index (χ4v) is 4.35. The minimum Gasteiger partial charge on any atom is -0.495 e. The molecule has 1 aromatic carbocycles. The summed E-state index contributed by atoms with van der Waals surface area (Å²) in [5, 5.41) is 1.35. The maximum absolute atomic E-state index is 5.51. The number of methoxy groups -OCH3 is 1. The normalized spacial score (nSPS) is 20.2. The molecule has 1 saturated carbocycles. The van der Waals surface area contributed by atoms with Crippen molar-refractivity contribution in [3.63, 3.8) is 0 Å². The smallest absolute Gasteiger partial charge is 0.142 e. The molecule has 0 amide bonds. The van der Waals surface area contributed by atoms with Crippen molar-refractivity contribution in [2.75, 3.05) is 20.2 Å². The summed E-state index contributed by atoms with van der Waals surface area (Å²) in [5.41, 5.74) is 4.09. The van der Waals surface area contributed by atoms with Crippen molar-refractivity contribution in [1.82, 2.24) is 9.88 Å². The van der Waals surface area contributed by atoms with Gasteiger partial charge < -0.3 is 9.72 Å². The van der Waals surface area contributed by atoms with Gasteiger partial charge in [0.1, 0.15) is 5.75 Å². The largest absolute Gasteiger partial charge is 0.495 e. The van der Waals surface area contributed by atoms with Crippen molar-refractivity contribution < 1.29 is 4.74 Å². The minimum atomic E-state index is 0.925. The quantitative estimate of drug-likeness (QED) is 0.923. The summed E-state index contributed by atoms with van der Waals surface area (Å²) < 4.78 is 5.51. The van der Waals surface area contributed by atoms with Crippen LogP contribution in [0.1, 0.15) is 43.4 Å². The summed E-state index contributed by atoms with van der Waals surface area (Å²) in [7, 11) is 1.75. The van der Waals surface area contributed by atoms with E-state index in [1.165, 1.54) is 67.4 Å². The maximum atomic E-state index is 5.51. The van der Waals surface area contributed by atoms with E-state index in [0.717, 1.165) is 24.6 Å². The van der Waals surface area contributed by atoms with Gasteiger partial charge in [0.15, 0.2) is 0 Å². The zero-order valence-electron chi connectivity index (χ0n) is 13.5. The van der Waals surface area contributed by atoms with Gasteiger partial charge in [-0.25, -0.2) is 0 Å². The molecule has 1 aliphatic carbocycles. The summed E-state index contributed by atoms with van der Waals surface area (Å²) in [6, 6.07) is 6.37. The first kappa shape index (κ1) is 14.1. The van der Waals surface area contributed by atoms with Crippen LogP contribution in [0.15, 0.2) is 18.2 Å². The van der Waals surface area contributed by atoms with Crippen molar-refractivity contribution in [2.45, 2.75) is 45.1 Å². The van der Waals surface area contributed by atoms with Crippen molar-refractivity contribution in [3.05, 3.63) is 29.5 Å². The SMILES string of the molecule is COc1cccc2c3c([nH]c12)CN(CC1CCCCC1)CC3. The molecule has 1 aromatic heterocycles. The van der Waals surface area contributed by atoms with Gasteiger partial charge in [-0.1, -0.05) is 31.4 Å². The van der Waals surface area contributed by atoms with E-state index in [9.17, 15) is 0 Å². The predicted octanol–water partition coefficient (Wildman–Crippen LogP) is 4.11. The Balaban J connectivity index is 1.55. The van der Waals surface area contributed by atoms with E-state index in [1.807, 2.05) is 6.07 Å². The van der Waals surface area contributed by atoms with Crippen molar-refractivity contribution in [1.29, 1.82) is 0 Å². The zero-order chi connectivity index (χ0) is 14.9. The fraction of sp³-hybridized carbons (Fsp3) is 0.579. The third-order valence-electron chi connectivity index (χ3n) is 5.51. The highest BCUT2D eigenvalue weighted by Gasteiger charge is 2.24. The summed E-state index contributed by atoms with van der Waals surface area (Å²) in [5.74, 6) is 1.89. The monoisotopic (exact) mass is 298 g/mol. The highest BCUT2D eigenvalue weighted by Crippen LogP contribution is 2.33. The lowest BCUT2D eigenvalue weighted by molar-refractivity contribution is 0.186. The van der Waals surface area contributed by atoms with Gasteiger partial charge in [-0.2, -0.15) is 0 Å². The molecule has 1 aliphatic heterocycles. The first-order valence-corrected chi connectivity index (χ1v) is 8.74. The van der Waals surface area contributed by atoms with Crippen LogP contribution in [-0.2, 0) is 13.0 Å². The number of aromatic amines is 1. The molecular weight excluding hydrogens is 272 g/mol. The van der Waals surface area contributed by atoms with Crippen molar-refractivity contribution in [3.8, 4) is 5.75 Å².